The second-order valence-electron chi connectivity index (χ2n) is 5.55. The molecule has 1 aromatic carbocycles. The lowest BCUT2D eigenvalue weighted by Gasteiger charge is -2.24. The second kappa shape index (κ2) is 6.54. The van der Waals surface area contributed by atoms with Crippen LogP contribution < -0.4 is 5.32 Å². The zero-order valence-electron chi connectivity index (χ0n) is 12.7. The van der Waals surface area contributed by atoms with Gasteiger partial charge in [0.2, 0.25) is 0 Å². The Labute approximate surface area is 138 Å². The molecule has 122 valence electrons. The van der Waals surface area contributed by atoms with Crippen molar-refractivity contribution < 1.29 is 9.18 Å². The number of carbonyl (C=O) groups is 1. The van der Waals surface area contributed by atoms with Crippen molar-refractivity contribution in [2.45, 2.75) is 25.4 Å². The van der Waals surface area contributed by atoms with Crippen molar-refractivity contribution in [1.29, 1.82) is 0 Å². The Balaban J connectivity index is 1.67. The van der Waals surface area contributed by atoms with Crippen LogP contribution in [-0.4, -0.2) is 32.2 Å². The molecule has 0 bridgehead atoms. The van der Waals surface area contributed by atoms with Gasteiger partial charge in [0.1, 0.15) is 12.1 Å². The number of aromatic nitrogens is 3. The molecule has 2 heterocycles. The third-order valence-electron chi connectivity index (χ3n) is 4.00. The van der Waals surface area contributed by atoms with Crippen LogP contribution in [0.5, 0.6) is 0 Å². The molecule has 8 heteroatoms. The molecule has 23 heavy (non-hydrogen) atoms. The minimum absolute atomic E-state index is 0.0995. The number of hydrogen-bond donors (Lipinski definition) is 1. The molecule has 1 saturated heterocycles. The highest BCUT2D eigenvalue weighted by Gasteiger charge is 2.32. The van der Waals surface area contributed by atoms with Crippen molar-refractivity contribution in [3.63, 3.8) is 0 Å². The number of amides is 2. The maximum absolute atomic E-state index is 13.8. The molecule has 3 rings (SSSR count). The molecule has 2 amide bonds. The van der Waals surface area contributed by atoms with Crippen LogP contribution >= 0.6 is 11.6 Å². The van der Waals surface area contributed by atoms with E-state index in [9.17, 15) is 9.18 Å². The Morgan fingerprint density at radius 1 is 1.52 bits per heavy atom. The van der Waals surface area contributed by atoms with Crippen LogP contribution in [0.4, 0.5) is 9.18 Å². The van der Waals surface area contributed by atoms with E-state index < -0.39 is 5.82 Å². The van der Waals surface area contributed by atoms with E-state index in [0.29, 0.717) is 17.1 Å². The summed E-state index contributed by atoms with van der Waals surface area (Å²) in [6.45, 7) is 0.760. The van der Waals surface area contributed by atoms with Crippen LogP contribution in [0.2, 0.25) is 5.02 Å². The van der Waals surface area contributed by atoms with E-state index in [2.05, 4.69) is 15.5 Å². The van der Waals surface area contributed by atoms with Gasteiger partial charge in [-0.15, -0.1) is 10.2 Å². The molecule has 1 fully saturated rings. The molecule has 0 aliphatic carbocycles. The minimum atomic E-state index is -0.427. The van der Waals surface area contributed by atoms with E-state index in [1.807, 2.05) is 11.6 Å². The smallest absolute Gasteiger partial charge is 0.318 e. The number of likely N-dealkylation sites (tertiary alicyclic amines) is 1. The lowest BCUT2D eigenvalue weighted by molar-refractivity contribution is 0.189. The number of halogens is 2. The first-order valence-corrected chi connectivity index (χ1v) is 7.76. The summed E-state index contributed by atoms with van der Waals surface area (Å²) in [7, 11) is 1.85. The van der Waals surface area contributed by atoms with Crippen LogP contribution in [0.15, 0.2) is 24.5 Å². The van der Waals surface area contributed by atoms with Crippen LogP contribution in [-0.2, 0) is 13.6 Å². The van der Waals surface area contributed by atoms with E-state index in [4.69, 9.17) is 11.6 Å². The Kier molecular flexibility index (Phi) is 4.47. The van der Waals surface area contributed by atoms with Gasteiger partial charge in [0.25, 0.3) is 0 Å². The normalized spacial score (nSPS) is 17.5. The summed E-state index contributed by atoms with van der Waals surface area (Å²) in [6, 6.07) is 4.08. The van der Waals surface area contributed by atoms with Crippen LogP contribution in [0.1, 0.15) is 30.3 Å². The van der Waals surface area contributed by atoms with Crippen LogP contribution in [0.25, 0.3) is 0 Å². The van der Waals surface area contributed by atoms with Crippen LogP contribution in [0.3, 0.4) is 0 Å². The van der Waals surface area contributed by atoms with E-state index in [0.717, 1.165) is 18.7 Å². The van der Waals surface area contributed by atoms with E-state index in [1.54, 1.807) is 23.4 Å². The number of aryl methyl sites for hydroxylation is 1. The molecule has 1 aromatic heterocycles. The minimum Gasteiger partial charge on any atom is -0.334 e. The summed E-state index contributed by atoms with van der Waals surface area (Å²) in [6.07, 6.45) is 3.36. The molecule has 1 aliphatic heterocycles. The highest BCUT2D eigenvalue weighted by Crippen LogP contribution is 2.30. The monoisotopic (exact) mass is 337 g/mol. The van der Waals surface area contributed by atoms with Crippen molar-refractivity contribution >= 4 is 17.6 Å². The van der Waals surface area contributed by atoms with Gasteiger partial charge in [0.05, 0.1) is 6.04 Å². The molecule has 0 spiro atoms. The molecule has 1 unspecified atom stereocenters. The molecular weight excluding hydrogens is 321 g/mol. The fourth-order valence-corrected chi connectivity index (χ4v) is 2.97. The standard InChI is InChI=1S/C15H17ClFN5O/c1-21-9-19-20-14(21)13-3-2-6-22(13)15(23)18-8-10-4-5-11(16)7-12(10)17/h4-5,7,9,13H,2-3,6,8H2,1H3,(H,18,23). The predicted molar refractivity (Wildman–Crippen MR) is 83.3 cm³/mol. The Morgan fingerprint density at radius 2 is 2.35 bits per heavy atom. The molecule has 1 aliphatic rings. The Hall–Kier alpha value is -2.15. The number of hydrogen-bond acceptors (Lipinski definition) is 3. The summed E-state index contributed by atoms with van der Waals surface area (Å²) in [4.78, 5) is 14.1. The topological polar surface area (TPSA) is 63.1 Å². The third-order valence-corrected chi connectivity index (χ3v) is 4.24. The first-order valence-electron chi connectivity index (χ1n) is 7.38. The fourth-order valence-electron chi connectivity index (χ4n) is 2.81. The molecule has 0 radical (unpaired) electrons. The van der Waals surface area contributed by atoms with Gasteiger partial charge in [-0.1, -0.05) is 17.7 Å². The van der Waals surface area contributed by atoms with Gasteiger partial charge in [-0.2, -0.15) is 0 Å². The third kappa shape index (κ3) is 3.29. The van der Waals surface area contributed by atoms with Crippen molar-refractivity contribution in [3.8, 4) is 0 Å². The molecular formula is C15H17ClFN5O. The predicted octanol–water partition coefficient (Wildman–Crippen LogP) is 2.65. The van der Waals surface area contributed by atoms with Gasteiger partial charge >= 0.3 is 6.03 Å². The lowest BCUT2D eigenvalue weighted by atomic mass is 10.2. The first-order chi connectivity index (χ1) is 11.1. The second-order valence-corrected chi connectivity index (χ2v) is 5.98. The number of benzene rings is 1. The van der Waals surface area contributed by atoms with Gasteiger partial charge < -0.3 is 14.8 Å². The average Bonchev–Trinajstić information content (AvgIpc) is 3.14. The van der Waals surface area contributed by atoms with E-state index in [-0.39, 0.29) is 18.6 Å². The van der Waals surface area contributed by atoms with Crippen molar-refractivity contribution in [2.75, 3.05) is 6.54 Å². The Morgan fingerprint density at radius 3 is 3.04 bits per heavy atom. The highest BCUT2D eigenvalue weighted by molar-refractivity contribution is 6.30. The highest BCUT2D eigenvalue weighted by atomic mass is 35.5. The lowest BCUT2D eigenvalue weighted by Crippen LogP contribution is -2.39. The number of carbonyl (C=O) groups excluding carboxylic acids is 1. The molecule has 6 nitrogen and oxygen atoms in total. The maximum atomic E-state index is 13.8. The molecule has 1 N–H and O–H groups in total. The summed E-state index contributed by atoms with van der Waals surface area (Å²) >= 11 is 5.72. The SMILES string of the molecule is Cn1cnnc1C1CCCN1C(=O)NCc1ccc(Cl)cc1F. The molecule has 0 saturated carbocycles. The van der Waals surface area contributed by atoms with Crippen molar-refractivity contribution in [1.82, 2.24) is 25.0 Å². The zero-order chi connectivity index (χ0) is 16.4. The quantitative estimate of drug-likeness (QED) is 0.936. The summed E-state index contributed by atoms with van der Waals surface area (Å²) < 4.78 is 15.6. The number of rotatable bonds is 3. The summed E-state index contributed by atoms with van der Waals surface area (Å²) in [5.74, 6) is 0.333. The van der Waals surface area contributed by atoms with Gasteiger partial charge in [-0.25, -0.2) is 9.18 Å². The summed E-state index contributed by atoms with van der Waals surface area (Å²) in [5.41, 5.74) is 0.400. The average molecular weight is 338 g/mol. The molecule has 1 atom stereocenters. The van der Waals surface area contributed by atoms with Gasteiger partial charge in [0.15, 0.2) is 5.82 Å². The first kappa shape index (κ1) is 15.7. The van der Waals surface area contributed by atoms with E-state index in [1.165, 1.54) is 6.07 Å². The fraction of sp³-hybridized carbons (Fsp3) is 0.400. The number of nitrogens with zero attached hydrogens (tertiary/aromatic N) is 4. The van der Waals surface area contributed by atoms with Gasteiger partial charge in [-0.3, -0.25) is 0 Å². The number of urea groups is 1. The Bertz CT molecular complexity index is 720. The van der Waals surface area contributed by atoms with E-state index >= 15 is 0 Å². The maximum Gasteiger partial charge on any atom is 0.318 e. The molecule has 2 aromatic rings. The summed E-state index contributed by atoms with van der Waals surface area (Å²) in [5, 5.41) is 11.0. The van der Waals surface area contributed by atoms with Crippen molar-refractivity contribution in [2.24, 2.45) is 7.05 Å². The van der Waals surface area contributed by atoms with Gasteiger partial charge in [0, 0.05) is 30.7 Å². The van der Waals surface area contributed by atoms with Crippen molar-refractivity contribution in [3.05, 3.63) is 46.8 Å². The largest absolute Gasteiger partial charge is 0.334 e. The zero-order valence-corrected chi connectivity index (χ0v) is 13.4. The number of nitrogens with one attached hydrogen (secondary N) is 1. The van der Waals surface area contributed by atoms with Gasteiger partial charge in [-0.05, 0) is 25.0 Å². The van der Waals surface area contributed by atoms with Crippen LogP contribution in [0, 0.1) is 5.82 Å².